The molecule has 1 aromatic heterocycles. The minimum atomic E-state index is 0.0467. The zero-order valence-corrected chi connectivity index (χ0v) is 16.4. The van der Waals surface area contributed by atoms with Gasteiger partial charge in [0.25, 0.3) is 5.91 Å². The molecule has 142 valence electrons. The topological polar surface area (TPSA) is 53.5 Å². The summed E-state index contributed by atoms with van der Waals surface area (Å²) in [5, 5.41) is 0. The standard InChI is InChI=1S/C22H21N3O2S/c1-14(26)25-11-17-10-24(12-18(17)21(25)15-5-3-2-4-6-15)22(27)16-7-8-19-20(9-16)28-13-23-19/h2-9,13,17-18,21H,10-12H2,1H3/t17-,18-,21-/m1/s1. The van der Waals surface area contributed by atoms with Crippen LogP contribution in [-0.2, 0) is 4.79 Å². The number of nitrogens with zero attached hydrogens (tertiary/aromatic N) is 3. The van der Waals surface area contributed by atoms with Crippen LogP contribution in [0, 0.1) is 11.8 Å². The van der Waals surface area contributed by atoms with E-state index in [0.717, 1.165) is 27.9 Å². The SMILES string of the molecule is CC(=O)N1C[C@H]2CN(C(=O)c3ccc4ncsc4c3)C[C@H]2[C@H]1c1ccccc1. The summed E-state index contributed by atoms with van der Waals surface area (Å²) in [7, 11) is 0. The normalized spacial score (nSPS) is 24.0. The van der Waals surface area contributed by atoms with Gasteiger partial charge in [0.05, 0.1) is 21.8 Å². The lowest BCUT2D eigenvalue weighted by molar-refractivity contribution is -0.130. The monoisotopic (exact) mass is 391 g/mol. The van der Waals surface area contributed by atoms with Crippen LogP contribution in [0.1, 0.15) is 28.9 Å². The van der Waals surface area contributed by atoms with Gasteiger partial charge in [0, 0.05) is 44.0 Å². The summed E-state index contributed by atoms with van der Waals surface area (Å²) in [6.07, 6.45) is 0. The number of rotatable bonds is 2. The number of amides is 2. The van der Waals surface area contributed by atoms with E-state index in [0.29, 0.717) is 19.0 Å². The van der Waals surface area contributed by atoms with Gasteiger partial charge in [0.15, 0.2) is 0 Å². The third-order valence-corrected chi connectivity index (χ3v) is 6.87. The maximum Gasteiger partial charge on any atom is 0.253 e. The maximum absolute atomic E-state index is 13.1. The van der Waals surface area contributed by atoms with Crippen LogP contribution in [0.3, 0.4) is 0 Å². The fourth-order valence-electron chi connectivity index (χ4n) is 4.78. The molecule has 2 aliphatic heterocycles. The molecular weight excluding hydrogens is 370 g/mol. The Bertz CT molecular complexity index is 1050. The van der Waals surface area contributed by atoms with Gasteiger partial charge >= 0.3 is 0 Å². The quantitative estimate of drug-likeness (QED) is 0.671. The Hall–Kier alpha value is -2.73. The van der Waals surface area contributed by atoms with E-state index in [1.807, 2.05) is 46.2 Å². The highest BCUT2D eigenvalue weighted by Gasteiger charge is 2.49. The molecular formula is C22H21N3O2S. The Morgan fingerprint density at radius 1 is 1.07 bits per heavy atom. The van der Waals surface area contributed by atoms with Crippen LogP contribution in [0.2, 0.25) is 0 Å². The molecule has 2 saturated heterocycles. The minimum absolute atomic E-state index is 0.0467. The summed E-state index contributed by atoms with van der Waals surface area (Å²) in [6, 6.07) is 16.0. The average Bonchev–Trinajstić information content (AvgIpc) is 3.41. The van der Waals surface area contributed by atoms with Crippen molar-refractivity contribution < 1.29 is 9.59 Å². The molecule has 5 nitrogen and oxygen atoms in total. The Balaban J connectivity index is 1.41. The summed E-state index contributed by atoms with van der Waals surface area (Å²) < 4.78 is 1.04. The number of thiazole rings is 1. The fraction of sp³-hybridized carbons (Fsp3) is 0.318. The fourth-order valence-corrected chi connectivity index (χ4v) is 5.50. The van der Waals surface area contributed by atoms with E-state index in [2.05, 4.69) is 17.1 Å². The third-order valence-electron chi connectivity index (χ3n) is 6.08. The first-order valence-corrected chi connectivity index (χ1v) is 10.4. The summed E-state index contributed by atoms with van der Waals surface area (Å²) in [5.41, 5.74) is 4.61. The van der Waals surface area contributed by atoms with Crippen molar-refractivity contribution in [3.8, 4) is 0 Å². The summed E-state index contributed by atoms with van der Waals surface area (Å²) >= 11 is 1.55. The van der Waals surface area contributed by atoms with Gasteiger partial charge in [-0.05, 0) is 23.8 Å². The predicted molar refractivity (Wildman–Crippen MR) is 109 cm³/mol. The number of carbonyl (C=O) groups is 2. The first-order chi connectivity index (χ1) is 13.6. The van der Waals surface area contributed by atoms with Crippen LogP contribution >= 0.6 is 11.3 Å². The van der Waals surface area contributed by atoms with Crippen molar-refractivity contribution in [3.05, 3.63) is 65.2 Å². The van der Waals surface area contributed by atoms with Crippen LogP contribution in [0.25, 0.3) is 10.2 Å². The smallest absolute Gasteiger partial charge is 0.253 e. The van der Waals surface area contributed by atoms with Gasteiger partial charge in [-0.3, -0.25) is 9.59 Å². The van der Waals surface area contributed by atoms with Crippen molar-refractivity contribution in [2.45, 2.75) is 13.0 Å². The molecule has 3 atom stereocenters. The van der Waals surface area contributed by atoms with Gasteiger partial charge in [0.2, 0.25) is 5.91 Å². The van der Waals surface area contributed by atoms with Crippen molar-refractivity contribution >= 4 is 33.4 Å². The molecule has 3 heterocycles. The second kappa shape index (κ2) is 6.71. The van der Waals surface area contributed by atoms with Gasteiger partial charge in [-0.1, -0.05) is 30.3 Å². The Kier molecular flexibility index (Phi) is 4.16. The Labute approximate surface area is 167 Å². The molecule has 0 unspecified atom stereocenters. The number of benzene rings is 2. The molecule has 2 fully saturated rings. The molecule has 0 N–H and O–H groups in total. The molecule has 0 bridgehead atoms. The second-order valence-electron chi connectivity index (χ2n) is 7.70. The molecule has 3 aromatic rings. The van der Waals surface area contributed by atoms with Crippen molar-refractivity contribution in [3.63, 3.8) is 0 Å². The molecule has 2 amide bonds. The Morgan fingerprint density at radius 3 is 2.68 bits per heavy atom. The van der Waals surface area contributed by atoms with Crippen LogP contribution in [0.5, 0.6) is 0 Å². The number of carbonyl (C=O) groups excluding carboxylic acids is 2. The van der Waals surface area contributed by atoms with E-state index in [9.17, 15) is 9.59 Å². The van der Waals surface area contributed by atoms with Crippen molar-refractivity contribution in [1.82, 2.24) is 14.8 Å². The molecule has 2 aromatic carbocycles. The maximum atomic E-state index is 13.1. The first-order valence-electron chi connectivity index (χ1n) is 9.56. The number of hydrogen-bond acceptors (Lipinski definition) is 4. The van der Waals surface area contributed by atoms with Crippen LogP contribution < -0.4 is 0 Å². The van der Waals surface area contributed by atoms with Crippen LogP contribution in [0.15, 0.2) is 54.0 Å². The van der Waals surface area contributed by atoms with Gasteiger partial charge in [-0.15, -0.1) is 11.3 Å². The summed E-state index contributed by atoms with van der Waals surface area (Å²) in [5.74, 6) is 0.787. The number of fused-ring (bicyclic) bond motifs is 2. The van der Waals surface area contributed by atoms with E-state index in [-0.39, 0.29) is 23.8 Å². The van der Waals surface area contributed by atoms with Gasteiger partial charge in [-0.25, -0.2) is 4.98 Å². The average molecular weight is 391 g/mol. The highest BCUT2D eigenvalue weighted by atomic mass is 32.1. The zero-order valence-electron chi connectivity index (χ0n) is 15.6. The second-order valence-corrected chi connectivity index (χ2v) is 8.58. The molecule has 2 aliphatic rings. The van der Waals surface area contributed by atoms with Gasteiger partial charge in [-0.2, -0.15) is 0 Å². The van der Waals surface area contributed by atoms with Gasteiger partial charge < -0.3 is 9.80 Å². The number of hydrogen-bond donors (Lipinski definition) is 0. The lowest BCUT2D eigenvalue weighted by Gasteiger charge is -2.29. The van der Waals surface area contributed by atoms with Crippen molar-refractivity contribution in [1.29, 1.82) is 0 Å². The third kappa shape index (κ3) is 2.79. The number of likely N-dealkylation sites (tertiary alicyclic amines) is 2. The van der Waals surface area contributed by atoms with E-state index >= 15 is 0 Å². The Morgan fingerprint density at radius 2 is 1.89 bits per heavy atom. The van der Waals surface area contributed by atoms with Crippen molar-refractivity contribution in [2.75, 3.05) is 19.6 Å². The summed E-state index contributed by atoms with van der Waals surface area (Å²) in [6.45, 7) is 3.76. The van der Waals surface area contributed by atoms with Crippen molar-refractivity contribution in [2.24, 2.45) is 11.8 Å². The lowest BCUT2D eigenvalue weighted by atomic mass is 9.89. The highest BCUT2D eigenvalue weighted by Crippen LogP contribution is 2.45. The van der Waals surface area contributed by atoms with Crippen LogP contribution in [0.4, 0.5) is 0 Å². The van der Waals surface area contributed by atoms with E-state index in [4.69, 9.17) is 0 Å². The summed E-state index contributed by atoms with van der Waals surface area (Å²) in [4.78, 5) is 33.6. The molecule has 28 heavy (non-hydrogen) atoms. The minimum Gasteiger partial charge on any atom is -0.338 e. The van der Waals surface area contributed by atoms with E-state index < -0.39 is 0 Å². The van der Waals surface area contributed by atoms with Crippen LogP contribution in [-0.4, -0.2) is 46.2 Å². The molecule has 0 aliphatic carbocycles. The molecule has 0 spiro atoms. The predicted octanol–water partition coefficient (Wildman–Crippen LogP) is 3.59. The molecule has 5 rings (SSSR count). The molecule has 6 heteroatoms. The van der Waals surface area contributed by atoms with Gasteiger partial charge in [0.1, 0.15) is 0 Å². The number of aromatic nitrogens is 1. The molecule has 0 saturated carbocycles. The van der Waals surface area contributed by atoms with E-state index in [1.165, 1.54) is 0 Å². The first kappa shape index (κ1) is 17.4. The lowest BCUT2D eigenvalue weighted by Crippen LogP contribution is -2.36. The zero-order chi connectivity index (χ0) is 19.3. The largest absolute Gasteiger partial charge is 0.338 e. The van der Waals surface area contributed by atoms with E-state index in [1.54, 1.807) is 23.8 Å². The molecule has 0 radical (unpaired) electrons. The highest BCUT2D eigenvalue weighted by molar-refractivity contribution is 7.16.